The van der Waals surface area contributed by atoms with Crippen LogP contribution in [0.2, 0.25) is 6.04 Å². The van der Waals surface area contributed by atoms with Gasteiger partial charge in [0, 0.05) is 6.07 Å². The van der Waals surface area contributed by atoms with Gasteiger partial charge in [-0.15, -0.1) is 0 Å². The van der Waals surface area contributed by atoms with E-state index >= 15 is 0 Å². The van der Waals surface area contributed by atoms with Crippen LogP contribution in [-0.4, -0.2) is 28.4 Å². The SMILES string of the molecule is CC(C)OC(O[SiH2]CCc1ccc(F)cc1F)OC(C)C. The number of aryl methyl sites for hydroxylation is 1. The predicted molar refractivity (Wildman–Crippen MR) is 80.7 cm³/mol. The van der Waals surface area contributed by atoms with Crippen LogP contribution in [0.5, 0.6) is 0 Å². The van der Waals surface area contributed by atoms with Gasteiger partial charge in [-0.1, -0.05) is 6.07 Å². The van der Waals surface area contributed by atoms with Crippen molar-refractivity contribution in [3.8, 4) is 0 Å². The normalized spacial score (nSPS) is 12.4. The molecule has 120 valence electrons. The van der Waals surface area contributed by atoms with Gasteiger partial charge in [0.1, 0.15) is 11.6 Å². The average molecular weight is 318 g/mol. The summed E-state index contributed by atoms with van der Waals surface area (Å²) in [7, 11) is -0.902. The van der Waals surface area contributed by atoms with Crippen molar-refractivity contribution < 1.29 is 22.7 Å². The molecule has 0 fully saturated rings. The first kappa shape index (κ1) is 18.2. The molecule has 1 aromatic rings. The minimum Gasteiger partial charge on any atom is -0.379 e. The van der Waals surface area contributed by atoms with Crippen LogP contribution in [0.4, 0.5) is 8.78 Å². The molecule has 0 heterocycles. The van der Waals surface area contributed by atoms with E-state index in [1.54, 1.807) is 0 Å². The van der Waals surface area contributed by atoms with Gasteiger partial charge in [-0.3, -0.25) is 0 Å². The predicted octanol–water partition coefficient (Wildman–Crippen LogP) is 3.16. The summed E-state index contributed by atoms with van der Waals surface area (Å²) in [6, 6.07) is 4.39. The third-order valence-electron chi connectivity index (χ3n) is 2.63. The topological polar surface area (TPSA) is 27.7 Å². The minimum atomic E-state index is -0.902. The zero-order chi connectivity index (χ0) is 15.8. The Morgan fingerprint density at radius 1 is 1.05 bits per heavy atom. The Morgan fingerprint density at radius 3 is 2.19 bits per heavy atom. The van der Waals surface area contributed by atoms with Crippen molar-refractivity contribution in [1.82, 2.24) is 0 Å². The van der Waals surface area contributed by atoms with E-state index in [1.807, 2.05) is 27.7 Å². The summed E-state index contributed by atoms with van der Waals surface area (Å²) in [5.41, 5.74) is 0.513. The summed E-state index contributed by atoms with van der Waals surface area (Å²) < 4.78 is 42.9. The van der Waals surface area contributed by atoms with Crippen LogP contribution in [-0.2, 0) is 20.3 Å². The molecular weight excluding hydrogens is 294 g/mol. The van der Waals surface area contributed by atoms with Crippen LogP contribution in [0.15, 0.2) is 18.2 Å². The largest absolute Gasteiger partial charge is 0.379 e. The van der Waals surface area contributed by atoms with Crippen molar-refractivity contribution in [3.63, 3.8) is 0 Å². The maximum Gasteiger partial charge on any atom is 0.262 e. The Bertz CT molecular complexity index is 417. The van der Waals surface area contributed by atoms with E-state index in [-0.39, 0.29) is 12.2 Å². The molecule has 0 saturated heterocycles. The first-order valence-electron chi connectivity index (χ1n) is 7.25. The molecule has 0 N–H and O–H groups in total. The monoisotopic (exact) mass is 318 g/mol. The van der Waals surface area contributed by atoms with Gasteiger partial charge < -0.3 is 13.9 Å². The maximum atomic E-state index is 13.5. The standard InChI is InChI=1S/C15H24F2O3Si/c1-10(2)18-15(19-11(3)4)20-21-8-7-12-5-6-13(16)9-14(12)17/h5-6,9-11,15H,7-8,21H2,1-4H3. The molecule has 0 atom stereocenters. The van der Waals surface area contributed by atoms with Crippen LogP contribution in [0, 0.1) is 11.6 Å². The Labute approximate surface area is 127 Å². The first-order chi connectivity index (χ1) is 9.88. The van der Waals surface area contributed by atoms with Crippen molar-refractivity contribution in [2.24, 2.45) is 0 Å². The lowest BCUT2D eigenvalue weighted by Crippen LogP contribution is -2.28. The molecule has 1 rings (SSSR count). The van der Waals surface area contributed by atoms with Crippen molar-refractivity contribution in [2.75, 3.05) is 0 Å². The first-order valence-corrected chi connectivity index (χ1v) is 8.82. The highest BCUT2D eigenvalue weighted by Crippen LogP contribution is 2.12. The summed E-state index contributed by atoms with van der Waals surface area (Å²) in [6.07, 6.45) is 0.559. The molecule has 0 bridgehead atoms. The lowest BCUT2D eigenvalue weighted by molar-refractivity contribution is -0.275. The number of rotatable bonds is 9. The van der Waals surface area contributed by atoms with Gasteiger partial charge >= 0.3 is 0 Å². The quantitative estimate of drug-likeness (QED) is 0.398. The Hall–Kier alpha value is -0.823. The molecule has 0 saturated carbocycles. The van der Waals surface area contributed by atoms with Gasteiger partial charge in [0.15, 0.2) is 9.76 Å². The fourth-order valence-corrected chi connectivity index (χ4v) is 2.76. The molecule has 3 nitrogen and oxygen atoms in total. The third-order valence-corrected chi connectivity index (χ3v) is 3.78. The van der Waals surface area contributed by atoms with Crippen LogP contribution in [0.3, 0.4) is 0 Å². The molecule has 0 aliphatic carbocycles. The van der Waals surface area contributed by atoms with Crippen molar-refractivity contribution in [2.45, 2.75) is 58.8 Å². The third kappa shape index (κ3) is 7.66. The maximum absolute atomic E-state index is 13.5. The van der Waals surface area contributed by atoms with E-state index in [0.717, 1.165) is 12.1 Å². The van der Waals surface area contributed by atoms with Gasteiger partial charge in [-0.25, -0.2) is 8.78 Å². The molecule has 0 aliphatic rings. The summed E-state index contributed by atoms with van der Waals surface area (Å²) in [5.74, 6) is -1.06. The molecule has 21 heavy (non-hydrogen) atoms. The van der Waals surface area contributed by atoms with E-state index in [2.05, 4.69) is 0 Å². The highest BCUT2D eigenvalue weighted by atomic mass is 28.2. The Balaban J connectivity index is 2.36. The second-order valence-electron chi connectivity index (χ2n) is 5.37. The van der Waals surface area contributed by atoms with E-state index in [4.69, 9.17) is 13.9 Å². The Kier molecular flexibility index (Phi) is 8.03. The second-order valence-corrected chi connectivity index (χ2v) is 6.82. The number of halogens is 2. The number of hydrogen-bond acceptors (Lipinski definition) is 3. The van der Waals surface area contributed by atoms with Gasteiger partial charge in [-0.2, -0.15) is 0 Å². The van der Waals surface area contributed by atoms with Crippen LogP contribution in [0.25, 0.3) is 0 Å². The molecular formula is C15H24F2O3Si. The number of benzene rings is 1. The number of hydrogen-bond donors (Lipinski definition) is 0. The van der Waals surface area contributed by atoms with Crippen LogP contribution >= 0.6 is 0 Å². The lowest BCUT2D eigenvalue weighted by atomic mass is 10.1. The average Bonchev–Trinajstić information content (AvgIpc) is 2.35. The summed E-state index contributed by atoms with van der Waals surface area (Å²) >= 11 is 0. The molecule has 0 aromatic heterocycles. The molecule has 0 amide bonds. The van der Waals surface area contributed by atoms with Gasteiger partial charge in [-0.05, 0) is 51.8 Å². The van der Waals surface area contributed by atoms with Crippen molar-refractivity contribution in [3.05, 3.63) is 35.4 Å². The number of ether oxygens (including phenoxy) is 2. The second kappa shape index (κ2) is 9.25. The molecule has 6 heteroatoms. The van der Waals surface area contributed by atoms with E-state index in [0.29, 0.717) is 12.0 Å². The molecule has 0 unspecified atom stereocenters. The van der Waals surface area contributed by atoms with Gasteiger partial charge in [0.05, 0.1) is 12.2 Å². The highest BCUT2D eigenvalue weighted by molar-refractivity contribution is 6.27. The van der Waals surface area contributed by atoms with Crippen molar-refractivity contribution in [1.29, 1.82) is 0 Å². The van der Waals surface area contributed by atoms with Gasteiger partial charge in [0.25, 0.3) is 6.48 Å². The minimum absolute atomic E-state index is 0.0114. The summed E-state index contributed by atoms with van der Waals surface area (Å²) in [4.78, 5) is 0. The van der Waals surface area contributed by atoms with Crippen LogP contribution < -0.4 is 0 Å². The molecule has 0 aliphatic heterocycles. The van der Waals surface area contributed by atoms with Crippen LogP contribution in [0.1, 0.15) is 33.3 Å². The van der Waals surface area contributed by atoms with E-state index in [1.165, 1.54) is 12.1 Å². The fraction of sp³-hybridized carbons (Fsp3) is 0.600. The van der Waals surface area contributed by atoms with E-state index < -0.39 is 27.9 Å². The van der Waals surface area contributed by atoms with E-state index in [9.17, 15) is 8.78 Å². The lowest BCUT2D eigenvalue weighted by Gasteiger charge is -2.23. The summed E-state index contributed by atoms with van der Waals surface area (Å²) in [6.45, 7) is 6.99. The summed E-state index contributed by atoms with van der Waals surface area (Å²) in [5, 5.41) is 0. The molecule has 0 radical (unpaired) electrons. The smallest absolute Gasteiger partial charge is 0.262 e. The highest BCUT2D eigenvalue weighted by Gasteiger charge is 2.14. The zero-order valence-corrected chi connectivity index (χ0v) is 14.5. The van der Waals surface area contributed by atoms with Crippen molar-refractivity contribution >= 4 is 9.76 Å². The zero-order valence-electron chi connectivity index (χ0n) is 13.1. The van der Waals surface area contributed by atoms with Gasteiger partial charge in [0.2, 0.25) is 0 Å². The molecule has 1 aromatic carbocycles. The molecule has 0 spiro atoms. The fourth-order valence-electron chi connectivity index (χ4n) is 1.72. The Morgan fingerprint density at radius 2 is 1.67 bits per heavy atom.